The molecule has 0 saturated heterocycles. The second kappa shape index (κ2) is 9.23. The molecule has 0 radical (unpaired) electrons. The first-order chi connectivity index (χ1) is 12.4. The molecule has 3 N–H and O–H groups in total. The second-order valence-corrected chi connectivity index (χ2v) is 6.63. The minimum atomic E-state index is -0.639. The number of thioether (sulfide) groups is 1. The molecular weight excluding hydrogens is 354 g/mol. The average Bonchev–Trinajstić information content (AvgIpc) is 2.98. The van der Waals surface area contributed by atoms with Crippen molar-refractivity contribution in [2.75, 3.05) is 5.75 Å². The first kappa shape index (κ1) is 19.8. The highest BCUT2D eigenvalue weighted by Crippen LogP contribution is 2.16. The van der Waals surface area contributed by atoms with Crippen LogP contribution >= 0.6 is 11.8 Å². The molecule has 0 aliphatic heterocycles. The van der Waals surface area contributed by atoms with Gasteiger partial charge in [0.05, 0.1) is 12.3 Å². The van der Waals surface area contributed by atoms with Crippen molar-refractivity contribution in [2.24, 2.45) is 12.8 Å². The van der Waals surface area contributed by atoms with Crippen molar-refractivity contribution in [1.82, 2.24) is 20.1 Å². The van der Waals surface area contributed by atoms with Crippen molar-refractivity contribution in [3.63, 3.8) is 0 Å². The highest BCUT2D eigenvalue weighted by Gasteiger charge is 2.16. The number of ether oxygens (including phenoxy) is 1. The lowest BCUT2D eigenvalue weighted by molar-refractivity contribution is -0.127. The van der Waals surface area contributed by atoms with E-state index in [4.69, 9.17) is 10.5 Å². The number of rotatable bonds is 9. The minimum Gasteiger partial charge on any atom is -0.481 e. The van der Waals surface area contributed by atoms with Gasteiger partial charge in [-0.25, -0.2) is 0 Å². The molecule has 0 spiro atoms. The van der Waals surface area contributed by atoms with Gasteiger partial charge < -0.3 is 20.4 Å². The van der Waals surface area contributed by atoms with Crippen LogP contribution in [0.2, 0.25) is 0 Å². The Hall–Kier alpha value is -2.55. The van der Waals surface area contributed by atoms with Gasteiger partial charge in [0.2, 0.25) is 5.91 Å². The van der Waals surface area contributed by atoms with Gasteiger partial charge in [0.15, 0.2) is 17.1 Å². The lowest BCUT2D eigenvalue weighted by atomic mass is 10.2. The molecule has 26 heavy (non-hydrogen) atoms. The van der Waals surface area contributed by atoms with E-state index in [0.29, 0.717) is 16.7 Å². The molecule has 8 nitrogen and oxygen atoms in total. The molecule has 1 aromatic carbocycles. The zero-order valence-electron chi connectivity index (χ0n) is 15.1. The third kappa shape index (κ3) is 5.48. The van der Waals surface area contributed by atoms with Crippen LogP contribution in [0.3, 0.4) is 0 Å². The monoisotopic (exact) mass is 377 g/mol. The highest BCUT2D eigenvalue weighted by molar-refractivity contribution is 7.99. The third-order valence-electron chi connectivity index (χ3n) is 3.70. The van der Waals surface area contributed by atoms with Gasteiger partial charge in [-0.2, -0.15) is 0 Å². The maximum absolute atomic E-state index is 12.2. The Morgan fingerprint density at radius 3 is 2.62 bits per heavy atom. The SMILES string of the molecule is CCc1ccc(O[C@@H](C)C(=O)NCc2nnc(SCC(N)=O)n2C)cc1. The number of nitrogens with zero attached hydrogens (tertiary/aromatic N) is 3. The Kier molecular flexibility index (Phi) is 7.02. The summed E-state index contributed by atoms with van der Waals surface area (Å²) in [6, 6.07) is 7.66. The van der Waals surface area contributed by atoms with Gasteiger partial charge in [-0.15, -0.1) is 10.2 Å². The Bertz CT molecular complexity index is 760. The van der Waals surface area contributed by atoms with Crippen LogP contribution in [0.15, 0.2) is 29.4 Å². The first-order valence-electron chi connectivity index (χ1n) is 8.23. The minimum absolute atomic E-state index is 0.125. The molecule has 9 heteroatoms. The number of hydrogen-bond donors (Lipinski definition) is 2. The number of hydrogen-bond acceptors (Lipinski definition) is 6. The molecule has 0 aliphatic rings. The molecule has 140 valence electrons. The van der Waals surface area contributed by atoms with Crippen LogP contribution in [0.25, 0.3) is 0 Å². The van der Waals surface area contributed by atoms with E-state index in [1.807, 2.05) is 24.3 Å². The van der Waals surface area contributed by atoms with E-state index in [9.17, 15) is 9.59 Å². The van der Waals surface area contributed by atoms with Crippen molar-refractivity contribution in [3.05, 3.63) is 35.7 Å². The summed E-state index contributed by atoms with van der Waals surface area (Å²) in [5, 5.41) is 11.3. The van der Waals surface area contributed by atoms with E-state index in [1.54, 1.807) is 18.5 Å². The summed E-state index contributed by atoms with van der Waals surface area (Å²) in [7, 11) is 1.76. The molecule has 0 fully saturated rings. The highest BCUT2D eigenvalue weighted by atomic mass is 32.2. The molecule has 0 saturated carbocycles. The van der Waals surface area contributed by atoms with Crippen LogP contribution < -0.4 is 15.8 Å². The Balaban J connectivity index is 1.86. The topological polar surface area (TPSA) is 112 Å². The van der Waals surface area contributed by atoms with Gasteiger partial charge in [-0.1, -0.05) is 30.8 Å². The van der Waals surface area contributed by atoms with Crippen molar-refractivity contribution in [3.8, 4) is 5.75 Å². The van der Waals surface area contributed by atoms with E-state index in [2.05, 4.69) is 22.4 Å². The number of amides is 2. The second-order valence-electron chi connectivity index (χ2n) is 5.69. The normalized spacial score (nSPS) is 11.8. The predicted molar refractivity (Wildman–Crippen MR) is 98.7 cm³/mol. The molecule has 1 heterocycles. The Morgan fingerprint density at radius 2 is 2.00 bits per heavy atom. The number of aromatic nitrogens is 3. The van der Waals surface area contributed by atoms with Crippen LogP contribution in [0.4, 0.5) is 0 Å². The van der Waals surface area contributed by atoms with E-state index < -0.39 is 12.0 Å². The number of nitrogens with one attached hydrogen (secondary N) is 1. The zero-order valence-corrected chi connectivity index (χ0v) is 15.9. The summed E-state index contributed by atoms with van der Waals surface area (Å²) in [5.41, 5.74) is 6.33. The molecular formula is C17H23N5O3S. The van der Waals surface area contributed by atoms with Crippen LogP contribution in [0, 0.1) is 0 Å². The summed E-state index contributed by atoms with van der Waals surface area (Å²) < 4.78 is 7.37. The lowest BCUT2D eigenvalue weighted by Gasteiger charge is -2.15. The number of aryl methyl sites for hydroxylation is 1. The third-order valence-corrected chi connectivity index (χ3v) is 4.75. The maximum Gasteiger partial charge on any atom is 0.261 e. The molecule has 0 aliphatic carbocycles. The quantitative estimate of drug-likeness (QED) is 0.632. The fraction of sp³-hybridized carbons (Fsp3) is 0.412. The lowest BCUT2D eigenvalue weighted by Crippen LogP contribution is -2.36. The molecule has 0 bridgehead atoms. The first-order valence-corrected chi connectivity index (χ1v) is 9.22. The number of primary amides is 1. The summed E-state index contributed by atoms with van der Waals surface area (Å²) in [4.78, 5) is 23.1. The Morgan fingerprint density at radius 1 is 1.31 bits per heavy atom. The molecule has 2 amide bonds. The van der Waals surface area contributed by atoms with Crippen molar-refractivity contribution < 1.29 is 14.3 Å². The fourth-order valence-corrected chi connectivity index (χ4v) is 2.80. The maximum atomic E-state index is 12.2. The molecule has 2 rings (SSSR count). The fourth-order valence-electron chi connectivity index (χ4n) is 2.13. The molecule has 0 unspecified atom stereocenters. The van der Waals surface area contributed by atoms with Gasteiger partial charge in [0.25, 0.3) is 5.91 Å². The number of carbonyl (C=O) groups is 2. The van der Waals surface area contributed by atoms with Crippen molar-refractivity contribution in [2.45, 2.75) is 38.1 Å². The van der Waals surface area contributed by atoms with Crippen molar-refractivity contribution in [1.29, 1.82) is 0 Å². The number of carbonyl (C=O) groups excluding carboxylic acids is 2. The zero-order chi connectivity index (χ0) is 19.1. The largest absolute Gasteiger partial charge is 0.481 e. The van der Waals surface area contributed by atoms with Gasteiger partial charge >= 0.3 is 0 Å². The van der Waals surface area contributed by atoms with Crippen LogP contribution in [-0.2, 0) is 29.6 Å². The van der Waals surface area contributed by atoms with Gasteiger partial charge in [0, 0.05) is 7.05 Å². The van der Waals surface area contributed by atoms with E-state index in [-0.39, 0.29) is 18.2 Å². The number of benzene rings is 1. The smallest absolute Gasteiger partial charge is 0.261 e. The summed E-state index contributed by atoms with van der Waals surface area (Å²) in [5.74, 6) is 0.670. The summed E-state index contributed by atoms with van der Waals surface area (Å²) >= 11 is 1.20. The van der Waals surface area contributed by atoms with Crippen LogP contribution in [-0.4, -0.2) is 38.4 Å². The standard InChI is InChI=1S/C17H23N5O3S/c1-4-12-5-7-13(8-6-12)25-11(2)16(24)19-9-15-20-21-17(22(15)3)26-10-14(18)23/h5-8,11H,4,9-10H2,1-3H3,(H2,18,23)(H,19,24)/t11-/m0/s1. The van der Waals surface area contributed by atoms with Crippen molar-refractivity contribution >= 4 is 23.6 Å². The van der Waals surface area contributed by atoms with Gasteiger partial charge in [0.1, 0.15) is 5.75 Å². The van der Waals surface area contributed by atoms with Crippen LogP contribution in [0.5, 0.6) is 5.75 Å². The predicted octanol–water partition coefficient (Wildman–Crippen LogP) is 1.04. The van der Waals surface area contributed by atoms with Gasteiger partial charge in [-0.05, 0) is 31.0 Å². The molecule has 1 aromatic heterocycles. The average molecular weight is 377 g/mol. The van der Waals surface area contributed by atoms with Crippen LogP contribution in [0.1, 0.15) is 25.2 Å². The van der Waals surface area contributed by atoms with E-state index >= 15 is 0 Å². The van der Waals surface area contributed by atoms with Gasteiger partial charge in [-0.3, -0.25) is 9.59 Å². The van der Waals surface area contributed by atoms with E-state index in [1.165, 1.54) is 17.3 Å². The molecule has 1 atom stereocenters. The summed E-state index contributed by atoms with van der Waals surface area (Å²) in [6.45, 7) is 3.98. The molecule has 2 aromatic rings. The number of nitrogens with two attached hydrogens (primary N) is 1. The Labute approximate surface area is 156 Å². The van der Waals surface area contributed by atoms with E-state index in [0.717, 1.165) is 6.42 Å². The summed E-state index contributed by atoms with van der Waals surface area (Å²) in [6.07, 6.45) is 0.313.